The van der Waals surface area contributed by atoms with Crippen LogP contribution in [0, 0.1) is 0 Å². The maximum absolute atomic E-state index is 12.2. The Morgan fingerprint density at radius 1 is 0.773 bits per heavy atom. The van der Waals surface area contributed by atoms with Gasteiger partial charge in [0, 0.05) is 15.7 Å². The molecule has 2 nitrogen and oxygen atoms in total. The van der Waals surface area contributed by atoms with Crippen molar-refractivity contribution in [2.24, 2.45) is 0 Å². The van der Waals surface area contributed by atoms with Gasteiger partial charge in [0.2, 0.25) is 0 Å². The van der Waals surface area contributed by atoms with Crippen LogP contribution in [0.4, 0.5) is 5.69 Å². The van der Waals surface area contributed by atoms with Crippen LogP contribution >= 0.6 is 15.9 Å². The number of carbonyl (C=O) groups excluding carboxylic acids is 1. The van der Waals surface area contributed by atoms with Crippen molar-refractivity contribution in [3.05, 3.63) is 88.9 Å². The number of halogens is 1. The van der Waals surface area contributed by atoms with E-state index in [4.69, 9.17) is 0 Å². The van der Waals surface area contributed by atoms with E-state index in [1.54, 1.807) is 12.1 Å². The topological polar surface area (TPSA) is 29.1 Å². The van der Waals surface area contributed by atoms with Gasteiger partial charge >= 0.3 is 0 Å². The van der Waals surface area contributed by atoms with Crippen molar-refractivity contribution >= 4 is 27.5 Å². The van der Waals surface area contributed by atoms with E-state index in [1.807, 2.05) is 54.6 Å². The molecule has 0 aliphatic heterocycles. The van der Waals surface area contributed by atoms with Gasteiger partial charge in [-0.2, -0.15) is 0 Å². The average molecular weight is 352 g/mol. The third-order valence-electron chi connectivity index (χ3n) is 3.34. The Bertz CT molecular complexity index is 782. The van der Waals surface area contributed by atoms with Crippen molar-refractivity contribution in [3.8, 4) is 11.1 Å². The number of hydrogen-bond donors (Lipinski definition) is 1. The standard InChI is InChI=1S/C19H14BrNO/c20-17-8-4-7-16(13-17)19(22)21-18-11-9-15(10-12-18)14-5-2-1-3-6-14/h1-13H,(H,21,22). The van der Waals surface area contributed by atoms with Gasteiger partial charge in [-0.1, -0.05) is 64.5 Å². The maximum Gasteiger partial charge on any atom is 0.255 e. The molecule has 3 rings (SSSR count). The summed E-state index contributed by atoms with van der Waals surface area (Å²) in [6.45, 7) is 0. The SMILES string of the molecule is O=C(Nc1ccc(-c2ccccc2)cc1)c1cccc(Br)c1. The van der Waals surface area contributed by atoms with Gasteiger partial charge in [0.25, 0.3) is 5.91 Å². The summed E-state index contributed by atoms with van der Waals surface area (Å²) in [4.78, 5) is 12.2. The lowest BCUT2D eigenvalue weighted by Crippen LogP contribution is -2.11. The number of rotatable bonds is 3. The van der Waals surface area contributed by atoms with Crippen molar-refractivity contribution in [2.45, 2.75) is 0 Å². The van der Waals surface area contributed by atoms with Crippen LogP contribution in [-0.2, 0) is 0 Å². The molecular weight excluding hydrogens is 338 g/mol. The van der Waals surface area contributed by atoms with Gasteiger partial charge in [0.1, 0.15) is 0 Å². The third-order valence-corrected chi connectivity index (χ3v) is 3.83. The van der Waals surface area contributed by atoms with Gasteiger partial charge in [-0.15, -0.1) is 0 Å². The summed E-state index contributed by atoms with van der Waals surface area (Å²) in [6.07, 6.45) is 0. The Hall–Kier alpha value is -2.39. The molecule has 0 bridgehead atoms. The fourth-order valence-electron chi connectivity index (χ4n) is 2.21. The molecule has 0 heterocycles. The summed E-state index contributed by atoms with van der Waals surface area (Å²) >= 11 is 3.37. The summed E-state index contributed by atoms with van der Waals surface area (Å²) in [5.41, 5.74) is 3.69. The summed E-state index contributed by atoms with van der Waals surface area (Å²) in [5, 5.41) is 2.90. The van der Waals surface area contributed by atoms with E-state index in [-0.39, 0.29) is 5.91 Å². The molecule has 0 spiro atoms. The molecule has 0 aromatic heterocycles. The molecule has 0 aliphatic rings. The summed E-state index contributed by atoms with van der Waals surface area (Å²) in [7, 11) is 0. The number of carbonyl (C=O) groups is 1. The molecule has 0 unspecified atom stereocenters. The van der Waals surface area contributed by atoms with Gasteiger partial charge in [-0.05, 0) is 41.5 Å². The smallest absolute Gasteiger partial charge is 0.255 e. The first-order valence-electron chi connectivity index (χ1n) is 6.95. The van der Waals surface area contributed by atoms with E-state index in [0.717, 1.165) is 21.3 Å². The lowest BCUT2D eigenvalue weighted by Gasteiger charge is -2.07. The zero-order valence-electron chi connectivity index (χ0n) is 11.8. The van der Waals surface area contributed by atoms with Crippen LogP contribution in [0.3, 0.4) is 0 Å². The molecule has 3 aromatic carbocycles. The Balaban J connectivity index is 1.75. The van der Waals surface area contributed by atoms with Crippen molar-refractivity contribution in [3.63, 3.8) is 0 Å². The highest BCUT2D eigenvalue weighted by Crippen LogP contribution is 2.21. The van der Waals surface area contributed by atoms with Gasteiger partial charge in [0.15, 0.2) is 0 Å². The van der Waals surface area contributed by atoms with E-state index in [2.05, 4.69) is 33.4 Å². The first-order chi connectivity index (χ1) is 10.7. The van der Waals surface area contributed by atoms with Gasteiger partial charge in [-0.3, -0.25) is 4.79 Å². The second kappa shape index (κ2) is 6.58. The molecule has 0 radical (unpaired) electrons. The largest absolute Gasteiger partial charge is 0.322 e. The zero-order valence-corrected chi connectivity index (χ0v) is 13.4. The van der Waals surface area contributed by atoms with Gasteiger partial charge in [0.05, 0.1) is 0 Å². The second-order valence-corrected chi connectivity index (χ2v) is 5.82. The Kier molecular flexibility index (Phi) is 4.35. The predicted octanol–water partition coefficient (Wildman–Crippen LogP) is 5.37. The van der Waals surface area contributed by atoms with E-state index in [9.17, 15) is 4.79 Å². The summed E-state index contributed by atoms with van der Waals surface area (Å²) in [5.74, 6) is -0.117. The summed E-state index contributed by atoms with van der Waals surface area (Å²) < 4.78 is 0.888. The number of benzene rings is 3. The minimum atomic E-state index is -0.117. The average Bonchev–Trinajstić information content (AvgIpc) is 2.56. The molecule has 3 heteroatoms. The van der Waals surface area contributed by atoms with Gasteiger partial charge < -0.3 is 5.32 Å². The molecule has 22 heavy (non-hydrogen) atoms. The predicted molar refractivity (Wildman–Crippen MR) is 94.0 cm³/mol. The van der Waals surface area contributed by atoms with Crippen LogP contribution in [0.25, 0.3) is 11.1 Å². The maximum atomic E-state index is 12.2. The molecule has 1 amide bonds. The van der Waals surface area contributed by atoms with E-state index in [1.165, 1.54) is 0 Å². The van der Waals surface area contributed by atoms with Crippen LogP contribution in [0.2, 0.25) is 0 Å². The normalized spacial score (nSPS) is 10.2. The van der Waals surface area contributed by atoms with Crippen LogP contribution in [0.1, 0.15) is 10.4 Å². The molecule has 0 atom stereocenters. The van der Waals surface area contributed by atoms with Crippen molar-refractivity contribution in [1.82, 2.24) is 0 Å². The first-order valence-corrected chi connectivity index (χ1v) is 7.74. The first kappa shape index (κ1) is 14.5. The molecule has 0 aliphatic carbocycles. The highest BCUT2D eigenvalue weighted by Gasteiger charge is 2.06. The van der Waals surface area contributed by atoms with E-state index in [0.29, 0.717) is 5.56 Å². The third kappa shape index (κ3) is 3.43. The minimum Gasteiger partial charge on any atom is -0.322 e. The van der Waals surface area contributed by atoms with Crippen molar-refractivity contribution in [1.29, 1.82) is 0 Å². The Morgan fingerprint density at radius 2 is 1.45 bits per heavy atom. The highest BCUT2D eigenvalue weighted by molar-refractivity contribution is 9.10. The quantitative estimate of drug-likeness (QED) is 0.675. The number of anilines is 1. The fourth-order valence-corrected chi connectivity index (χ4v) is 2.61. The highest BCUT2D eigenvalue weighted by atomic mass is 79.9. The molecule has 0 saturated heterocycles. The van der Waals surface area contributed by atoms with E-state index < -0.39 is 0 Å². The van der Waals surface area contributed by atoms with E-state index >= 15 is 0 Å². The minimum absolute atomic E-state index is 0.117. The monoisotopic (exact) mass is 351 g/mol. The van der Waals surface area contributed by atoms with Crippen molar-refractivity contribution in [2.75, 3.05) is 5.32 Å². The molecule has 3 aromatic rings. The molecular formula is C19H14BrNO. The van der Waals surface area contributed by atoms with Crippen LogP contribution in [-0.4, -0.2) is 5.91 Å². The fraction of sp³-hybridized carbons (Fsp3) is 0. The lowest BCUT2D eigenvalue weighted by molar-refractivity contribution is 0.102. The Labute approximate surface area is 137 Å². The number of amides is 1. The molecule has 108 valence electrons. The number of hydrogen-bond acceptors (Lipinski definition) is 1. The Morgan fingerprint density at radius 3 is 2.14 bits per heavy atom. The molecule has 0 saturated carbocycles. The van der Waals surface area contributed by atoms with Crippen LogP contribution in [0.5, 0.6) is 0 Å². The zero-order chi connectivity index (χ0) is 15.4. The van der Waals surface area contributed by atoms with Gasteiger partial charge in [-0.25, -0.2) is 0 Å². The number of nitrogens with one attached hydrogen (secondary N) is 1. The molecule has 1 N–H and O–H groups in total. The summed E-state index contributed by atoms with van der Waals surface area (Å²) in [6, 6.07) is 25.3. The molecule has 0 fully saturated rings. The second-order valence-electron chi connectivity index (χ2n) is 4.91. The van der Waals surface area contributed by atoms with Crippen LogP contribution < -0.4 is 5.32 Å². The van der Waals surface area contributed by atoms with Crippen molar-refractivity contribution < 1.29 is 4.79 Å². The lowest BCUT2D eigenvalue weighted by atomic mass is 10.1. The van der Waals surface area contributed by atoms with Crippen LogP contribution in [0.15, 0.2) is 83.3 Å².